The molecule has 1 aromatic carbocycles. The molecular formula is C20H26N2O4. The summed E-state index contributed by atoms with van der Waals surface area (Å²) in [4.78, 5) is 24.0. The van der Waals surface area contributed by atoms with E-state index in [4.69, 9.17) is 9.47 Å². The lowest BCUT2D eigenvalue weighted by Crippen LogP contribution is -2.27. The third-order valence-corrected chi connectivity index (χ3v) is 4.32. The minimum Gasteiger partial charge on any atom is -0.497 e. The van der Waals surface area contributed by atoms with Crippen molar-refractivity contribution in [1.82, 2.24) is 9.88 Å². The molecule has 6 heteroatoms. The van der Waals surface area contributed by atoms with Gasteiger partial charge in [0, 0.05) is 43.6 Å². The minimum atomic E-state index is -0.0415. The standard InChI is InChI=1S/C20H26N2O4/c1-14-18(15(2)23)13-19(16-5-7-17(26-4)8-6-16)22(14)11-9-20(24)21-10-12-25-3/h5-8,13H,9-12H2,1-4H3,(H,21,24). The van der Waals surface area contributed by atoms with E-state index < -0.39 is 0 Å². The first-order valence-electron chi connectivity index (χ1n) is 8.59. The zero-order valence-electron chi connectivity index (χ0n) is 15.8. The van der Waals surface area contributed by atoms with Gasteiger partial charge in [-0.3, -0.25) is 9.59 Å². The van der Waals surface area contributed by atoms with Crippen molar-refractivity contribution in [3.63, 3.8) is 0 Å². The highest BCUT2D eigenvalue weighted by molar-refractivity contribution is 5.96. The van der Waals surface area contributed by atoms with Gasteiger partial charge in [0.1, 0.15) is 5.75 Å². The smallest absolute Gasteiger partial charge is 0.221 e. The molecule has 140 valence electrons. The molecule has 1 N–H and O–H groups in total. The maximum Gasteiger partial charge on any atom is 0.221 e. The summed E-state index contributed by atoms with van der Waals surface area (Å²) >= 11 is 0. The van der Waals surface area contributed by atoms with Gasteiger partial charge in [0.25, 0.3) is 0 Å². The van der Waals surface area contributed by atoms with Gasteiger partial charge in [-0.25, -0.2) is 0 Å². The van der Waals surface area contributed by atoms with Gasteiger partial charge in [-0.2, -0.15) is 0 Å². The summed E-state index contributed by atoms with van der Waals surface area (Å²) < 4.78 is 12.2. The number of ether oxygens (including phenoxy) is 2. The molecule has 0 saturated carbocycles. The number of nitrogens with one attached hydrogen (secondary N) is 1. The number of nitrogens with zero attached hydrogens (tertiary/aromatic N) is 1. The second-order valence-electron chi connectivity index (χ2n) is 6.06. The Labute approximate surface area is 154 Å². The highest BCUT2D eigenvalue weighted by atomic mass is 16.5. The van der Waals surface area contributed by atoms with E-state index in [2.05, 4.69) is 5.32 Å². The van der Waals surface area contributed by atoms with Gasteiger partial charge in [0.2, 0.25) is 5.91 Å². The van der Waals surface area contributed by atoms with E-state index in [1.165, 1.54) is 0 Å². The number of amides is 1. The average molecular weight is 358 g/mol. The lowest BCUT2D eigenvalue weighted by molar-refractivity contribution is -0.121. The number of carbonyl (C=O) groups is 2. The van der Waals surface area contributed by atoms with Crippen molar-refractivity contribution in [3.05, 3.63) is 41.6 Å². The number of Topliss-reactive ketones (excluding diaryl/α,β-unsaturated/α-hetero) is 1. The first-order valence-corrected chi connectivity index (χ1v) is 8.59. The van der Waals surface area contributed by atoms with Crippen LogP contribution in [0.1, 0.15) is 29.4 Å². The van der Waals surface area contributed by atoms with E-state index in [0.717, 1.165) is 22.7 Å². The Kier molecular flexibility index (Phi) is 6.97. The van der Waals surface area contributed by atoms with Gasteiger partial charge in [-0.05, 0) is 49.7 Å². The Bertz CT molecular complexity index is 763. The SMILES string of the molecule is COCCNC(=O)CCn1c(-c2ccc(OC)cc2)cc(C(C)=O)c1C. The van der Waals surface area contributed by atoms with Crippen LogP contribution in [0.3, 0.4) is 0 Å². The zero-order valence-corrected chi connectivity index (χ0v) is 15.8. The van der Waals surface area contributed by atoms with Crippen LogP contribution in [0.4, 0.5) is 0 Å². The normalized spacial score (nSPS) is 10.6. The van der Waals surface area contributed by atoms with Crippen LogP contribution in [0.5, 0.6) is 5.75 Å². The van der Waals surface area contributed by atoms with Crippen molar-refractivity contribution in [3.8, 4) is 17.0 Å². The summed E-state index contributed by atoms with van der Waals surface area (Å²) in [6, 6.07) is 9.56. The number of methoxy groups -OCH3 is 2. The lowest BCUT2D eigenvalue weighted by Gasteiger charge is -2.13. The predicted octanol–water partition coefficient (Wildman–Crippen LogP) is 2.83. The quantitative estimate of drug-likeness (QED) is 0.553. The molecule has 1 amide bonds. The van der Waals surface area contributed by atoms with Crippen LogP contribution in [-0.4, -0.2) is 43.6 Å². The topological polar surface area (TPSA) is 69.6 Å². The summed E-state index contributed by atoms with van der Waals surface area (Å²) in [6.45, 7) is 4.94. The second-order valence-corrected chi connectivity index (χ2v) is 6.06. The van der Waals surface area contributed by atoms with Gasteiger partial charge >= 0.3 is 0 Å². The molecule has 0 bridgehead atoms. The largest absolute Gasteiger partial charge is 0.497 e. The molecule has 0 fully saturated rings. The Balaban J connectivity index is 2.25. The third-order valence-electron chi connectivity index (χ3n) is 4.32. The van der Waals surface area contributed by atoms with E-state index >= 15 is 0 Å². The van der Waals surface area contributed by atoms with Gasteiger partial charge < -0.3 is 19.4 Å². The van der Waals surface area contributed by atoms with E-state index in [1.807, 2.05) is 41.8 Å². The summed E-state index contributed by atoms with van der Waals surface area (Å²) in [5.41, 5.74) is 3.44. The van der Waals surface area contributed by atoms with Crippen LogP contribution in [0.15, 0.2) is 30.3 Å². The van der Waals surface area contributed by atoms with Crippen molar-refractivity contribution in [2.75, 3.05) is 27.4 Å². The fourth-order valence-electron chi connectivity index (χ4n) is 2.88. The number of aromatic nitrogens is 1. The second kappa shape index (κ2) is 9.20. The third kappa shape index (κ3) is 4.73. The molecule has 0 radical (unpaired) electrons. The molecule has 26 heavy (non-hydrogen) atoms. The number of benzene rings is 1. The first kappa shape index (κ1) is 19.7. The summed E-state index contributed by atoms with van der Waals surface area (Å²) in [5.74, 6) is 0.744. The average Bonchev–Trinajstić information content (AvgIpc) is 2.97. The van der Waals surface area contributed by atoms with Crippen LogP contribution < -0.4 is 10.1 Å². The molecule has 1 heterocycles. The van der Waals surface area contributed by atoms with Crippen LogP contribution in [0.2, 0.25) is 0 Å². The Morgan fingerprint density at radius 1 is 1.15 bits per heavy atom. The Morgan fingerprint density at radius 2 is 1.85 bits per heavy atom. The molecule has 2 rings (SSSR count). The van der Waals surface area contributed by atoms with Crippen LogP contribution in [-0.2, 0) is 16.1 Å². The number of ketones is 1. The maximum atomic E-state index is 12.0. The number of rotatable bonds is 9. The van der Waals surface area contributed by atoms with E-state index in [9.17, 15) is 9.59 Å². The fraction of sp³-hybridized carbons (Fsp3) is 0.400. The molecule has 0 aliphatic rings. The number of hydrogen-bond acceptors (Lipinski definition) is 4. The molecule has 0 spiro atoms. The monoisotopic (exact) mass is 358 g/mol. The number of carbonyl (C=O) groups excluding carboxylic acids is 2. The van der Waals surface area contributed by atoms with Crippen LogP contribution in [0, 0.1) is 6.92 Å². The van der Waals surface area contributed by atoms with Gasteiger partial charge in [0.15, 0.2) is 5.78 Å². The molecule has 1 aromatic heterocycles. The van der Waals surface area contributed by atoms with Crippen molar-refractivity contribution < 1.29 is 19.1 Å². The minimum absolute atomic E-state index is 0.0144. The van der Waals surface area contributed by atoms with Gasteiger partial charge in [-0.1, -0.05) is 0 Å². The fourth-order valence-corrected chi connectivity index (χ4v) is 2.88. The van der Waals surface area contributed by atoms with Crippen LogP contribution >= 0.6 is 0 Å². The van der Waals surface area contributed by atoms with Crippen molar-refractivity contribution in [1.29, 1.82) is 0 Å². The van der Waals surface area contributed by atoms with Crippen molar-refractivity contribution in [2.24, 2.45) is 0 Å². The van der Waals surface area contributed by atoms with Gasteiger partial charge in [0.05, 0.1) is 13.7 Å². The Hall–Kier alpha value is -2.60. The molecular weight excluding hydrogens is 332 g/mol. The van der Waals surface area contributed by atoms with Crippen molar-refractivity contribution >= 4 is 11.7 Å². The summed E-state index contributed by atoms with van der Waals surface area (Å²) in [7, 11) is 3.22. The maximum absolute atomic E-state index is 12.0. The van der Waals surface area contributed by atoms with E-state index in [-0.39, 0.29) is 11.7 Å². The van der Waals surface area contributed by atoms with E-state index in [1.54, 1.807) is 21.1 Å². The summed E-state index contributed by atoms with van der Waals surface area (Å²) in [6.07, 6.45) is 0.333. The molecule has 0 unspecified atom stereocenters. The molecule has 0 aliphatic heterocycles. The van der Waals surface area contributed by atoms with Gasteiger partial charge in [-0.15, -0.1) is 0 Å². The molecule has 0 aliphatic carbocycles. The molecule has 0 saturated heterocycles. The summed E-state index contributed by atoms with van der Waals surface area (Å²) in [5, 5.41) is 2.82. The highest BCUT2D eigenvalue weighted by Crippen LogP contribution is 2.28. The highest BCUT2D eigenvalue weighted by Gasteiger charge is 2.17. The molecule has 0 atom stereocenters. The van der Waals surface area contributed by atoms with E-state index in [0.29, 0.717) is 31.7 Å². The lowest BCUT2D eigenvalue weighted by atomic mass is 10.1. The Morgan fingerprint density at radius 3 is 2.42 bits per heavy atom. The van der Waals surface area contributed by atoms with Crippen LogP contribution in [0.25, 0.3) is 11.3 Å². The molecule has 2 aromatic rings. The number of hydrogen-bond donors (Lipinski definition) is 1. The first-order chi connectivity index (χ1) is 12.5. The zero-order chi connectivity index (χ0) is 19.1. The molecule has 6 nitrogen and oxygen atoms in total. The van der Waals surface area contributed by atoms with Crippen molar-refractivity contribution in [2.45, 2.75) is 26.8 Å². The predicted molar refractivity (Wildman–Crippen MR) is 101 cm³/mol.